The monoisotopic (exact) mass is 208 g/mol. The van der Waals surface area contributed by atoms with E-state index in [9.17, 15) is 5.11 Å². The predicted molar refractivity (Wildman–Crippen MR) is 53.4 cm³/mol. The zero-order chi connectivity index (χ0) is 10.1. The number of benzene rings is 1. The van der Waals surface area contributed by atoms with Crippen molar-refractivity contribution in [1.82, 2.24) is 4.98 Å². The van der Waals surface area contributed by atoms with Crippen molar-refractivity contribution in [3.05, 3.63) is 29.4 Å². The van der Waals surface area contributed by atoms with Crippen LogP contribution in [0, 0.1) is 0 Å². The van der Waals surface area contributed by atoms with Crippen LogP contribution in [0.3, 0.4) is 0 Å². The van der Waals surface area contributed by atoms with Gasteiger partial charge in [-0.15, -0.1) is 0 Å². The molecule has 1 aromatic heterocycles. The fraction of sp³-hybridized carbons (Fsp3) is 0.100. The van der Waals surface area contributed by atoms with E-state index in [4.69, 9.17) is 16.3 Å². The topological polar surface area (TPSA) is 42.0 Å². The molecule has 14 heavy (non-hydrogen) atoms. The largest absolute Gasteiger partial charge is 0.494 e. The Hall–Kier alpha value is -1.48. The van der Waals surface area contributed by atoms with Crippen LogP contribution in [0.1, 0.15) is 0 Å². The lowest BCUT2D eigenvalue weighted by Crippen LogP contribution is -1.87. The molecule has 1 heterocycles. The first-order chi connectivity index (χ1) is 6.72. The number of pyridine rings is 1. The Morgan fingerprint density at radius 1 is 1.36 bits per heavy atom. The van der Waals surface area contributed by atoms with Gasteiger partial charge in [-0.1, -0.05) is 11.6 Å². The molecule has 0 amide bonds. The summed E-state index contributed by atoms with van der Waals surface area (Å²) in [5.41, 5.74) is 0. The number of hydrogen-bond acceptors (Lipinski definition) is 2. The molecule has 0 bridgehead atoms. The molecular formula is C10H7ClNO2. The van der Waals surface area contributed by atoms with Crippen LogP contribution in [0.4, 0.5) is 0 Å². The Kier molecular flexibility index (Phi) is 2.17. The number of fused-ring (bicyclic) bond motifs is 1. The van der Waals surface area contributed by atoms with Crippen LogP contribution >= 0.6 is 11.6 Å². The minimum absolute atomic E-state index is 0.289. The standard InChI is InChI=1S/C10H7ClNO2/c1-14-9-5-12-10(13)8-4-6(11)2-3-7(8)9/h2-5H,1H3. The van der Waals surface area contributed by atoms with E-state index in [1.165, 1.54) is 13.3 Å². The average molecular weight is 209 g/mol. The summed E-state index contributed by atoms with van der Waals surface area (Å²) in [4.78, 5) is 3.68. The molecule has 0 aliphatic rings. The molecule has 0 N–H and O–H groups in total. The van der Waals surface area contributed by atoms with E-state index in [0.29, 0.717) is 16.2 Å². The van der Waals surface area contributed by atoms with Crippen LogP contribution in [-0.4, -0.2) is 12.1 Å². The lowest BCUT2D eigenvalue weighted by molar-refractivity contribution is 0.341. The molecular weight excluding hydrogens is 202 g/mol. The minimum Gasteiger partial charge on any atom is -0.494 e. The highest BCUT2D eigenvalue weighted by Gasteiger charge is 2.08. The zero-order valence-electron chi connectivity index (χ0n) is 7.45. The Balaban J connectivity index is 2.84. The number of ether oxygens (including phenoxy) is 1. The Morgan fingerprint density at radius 3 is 2.86 bits per heavy atom. The van der Waals surface area contributed by atoms with Crippen molar-refractivity contribution in [2.24, 2.45) is 0 Å². The number of rotatable bonds is 1. The quantitative estimate of drug-likeness (QED) is 0.723. The normalized spacial score (nSPS) is 10.4. The lowest BCUT2D eigenvalue weighted by Gasteiger charge is -2.04. The Labute approximate surface area is 85.9 Å². The lowest BCUT2D eigenvalue weighted by atomic mass is 10.1. The summed E-state index contributed by atoms with van der Waals surface area (Å²) in [6.07, 6.45) is 1.42. The minimum atomic E-state index is -0.289. The zero-order valence-corrected chi connectivity index (χ0v) is 8.21. The summed E-state index contributed by atoms with van der Waals surface area (Å²) >= 11 is 5.78. The smallest absolute Gasteiger partial charge is 0.277 e. The van der Waals surface area contributed by atoms with Gasteiger partial charge in [0, 0.05) is 10.4 Å². The molecule has 2 aromatic rings. The molecule has 1 radical (unpaired) electrons. The summed E-state index contributed by atoms with van der Waals surface area (Å²) in [5.74, 6) is 0.291. The highest BCUT2D eigenvalue weighted by molar-refractivity contribution is 6.31. The predicted octanol–water partition coefficient (Wildman–Crippen LogP) is 3.04. The molecule has 0 spiro atoms. The first-order valence-electron chi connectivity index (χ1n) is 4.01. The maximum absolute atomic E-state index is 11.4. The van der Waals surface area contributed by atoms with Crippen molar-refractivity contribution in [1.29, 1.82) is 0 Å². The molecule has 1 aromatic carbocycles. The molecule has 0 aliphatic carbocycles. The van der Waals surface area contributed by atoms with Crippen molar-refractivity contribution in [3.63, 3.8) is 0 Å². The van der Waals surface area contributed by atoms with Gasteiger partial charge in [0.2, 0.25) is 0 Å². The number of aromatic nitrogens is 1. The van der Waals surface area contributed by atoms with Crippen LogP contribution in [0.5, 0.6) is 11.6 Å². The third-order valence-electron chi connectivity index (χ3n) is 2.00. The Morgan fingerprint density at radius 2 is 2.14 bits per heavy atom. The summed E-state index contributed by atoms with van der Waals surface area (Å²) in [6.45, 7) is 0. The van der Waals surface area contributed by atoms with Gasteiger partial charge in [0.05, 0.1) is 18.7 Å². The van der Waals surface area contributed by atoms with Crippen molar-refractivity contribution < 1.29 is 9.84 Å². The molecule has 3 nitrogen and oxygen atoms in total. The van der Waals surface area contributed by atoms with Gasteiger partial charge in [0.25, 0.3) is 5.88 Å². The van der Waals surface area contributed by atoms with Crippen LogP contribution < -0.4 is 4.74 Å². The fourth-order valence-corrected chi connectivity index (χ4v) is 1.50. The van der Waals surface area contributed by atoms with Crippen LogP contribution in [0.15, 0.2) is 24.4 Å². The molecule has 4 heteroatoms. The summed E-state index contributed by atoms with van der Waals surface area (Å²) in [6, 6.07) is 5.06. The van der Waals surface area contributed by atoms with Crippen LogP contribution in [0.2, 0.25) is 5.02 Å². The fourth-order valence-electron chi connectivity index (χ4n) is 1.33. The highest BCUT2D eigenvalue weighted by atomic mass is 35.5. The Bertz CT molecular complexity index is 485. The first-order valence-corrected chi connectivity index (χ1v) is 4.39. The molecule has 0 saturated carbocycles. The number of halogens is 1. The number of methoxy groups -OCH3 is 1. The molecule has 2 rings (SSSR count). The SMILES string of the molecule is COc1cnc([O])c2cc(Cl)ccc12. The van der Waals surface area contributed by atoms with Gasteiger partial charge in [-0.05, 0) is 18.2 Å². The van der Waals surface area contributed by atoms with Gasteiger partial charge < -0.3 is 4.74 Å². The third-order valence-corrected chi connectivity index (χ3v) is 2.23. The van der Waals surface area contributed by atoms with E-state index in [-0.39, 0.29) is 5.88 Å². The third kappa shape index (κ3) is 1.36. The van der Waals surface area contributed by atoms with Crippen molar-refractivity contribution >= 4 is 22.4 Å². The average Bonchev–Trinajstić information content (AvgIpc) is 2.19. The number of nitrogens with zero attached hydrogens (tertiary/aromatic N) is 1. The van der Waals surface area contributed by atoms with E-state index < -0.39 is 0 Å². The maximum atomic E-state index is 11.4. The molecule has 0 saturated heterocycles. The van der Waals surface area contributed by atoms with E-state index in [1.54, 1.807) is 18.2 Å². The van der Waals surface area contributed by atoms with Crippen molar-refractivity contribution in [3.8, 4) is 11.6 Å². The molecule has 0 unspecified atom stereocenters. The summed E-state index contributed by atoms with van der Waals surface area (Å²) in [5, 5.41) is 13.1. The van der Waals surface area contributed by atoms with Gasteiger partial charge in [-0.3, -0.25) is 5.11 Å². The van der Waals surface area contributed by atoms with Gasteiger partial charge >= 0.3 is 0 Å². The summed E-state index contributed by atoms with van der Waals surface area (Å²) < 4.78 is 5.08. The van der Waals surface area contributed by atoms with E-state index >= 15 is 0 Å². The van der Waals surface area contributed by atoms with Gasteiger partial charge in [-0.25, -0.2) is 4.98 Å². The molecule has 0 fully saturated rings. The highest BCUT2D eigenvalue weighted by Crippen LogP contribution is 2.32. The van der Waals surface area contributed by atoms with Gasteiger partial charge in [0.15, 0.2) is 0 Å². The second kappa shape index (κ2) is 3.35. The van der Waals surface area contributed by atoms with Crippen LogP contribution in [0.25, 0.3) is 10.8 Å². The van der Waals surface area contributed by atoms with Crippen molar-refractivity contribution in [2.75, 3.05) is 7.11 Å². The van der Waals surface area contributed by atoms with E-state index in [1.807, 2.05) is 0 Å². The molecule has 0 atom stereocenters. The molecule has 0 aliphatic heterocycles. The number of hydrogen-bond donors (Lipinski definition) is 0. The molecule has 71 valence electrons. The second-order valence-electron chi connectivity index (χ2n) is 2.82. The van der Waals surface area contributed by atoms with Gasteiger partial charge in [0.1, 0.15) is 5.75 Å². The van der Waals surface area contributed by atoms with E-state index in [2.05, 4.69) is 4.98 Å². The summed E-state index contributed by atoms with van der Waals surface area (Å²) in [7, 11) is 1.54. The second-order valence-corrected chi connectivity index (χ2v) is 3.26. The van der Waals surface area contributed by atoms with E-state index in [0.717, 1.165) is 5.39 Å². The van der Waals surface area contributed by atoms with Gasteiger partial charge in [-0.2, -0.15) is 0 Å². The maximum Gasteiger partial charge on any atom is 0.277 e. The van der Waals surface area contributed by atoms with Crippen LogP contribution in [-0.2, 0) is 5.11 Å². The first kappa shape index (κ1) is 9.09. The van der Waals surface area contributed by atoms with Crippen molar-refractivity contribution in [2.45, 2.75) is 0 Å².